The van der Waals surface area contributed by atoms with Gasteiger partial charge in [-0.1, -0.05) is 26.7 Å². The fraction of sp³-hybridized carbons (Fsp3) is 0.867. The normalized spacial score (nSPS) is 23.1. The summed E-state index contributed by atoms with van der Waals surface area (Å²) in [4.78, 5) is 14.5. The van der Waals surface area contributed by atoms with Crippen LogP contribution in [0.3, 0.4) is 0 Å². The monoisotopic (exact) mass is 266 g/mol. The Morgan fingerprint density at radius 3 is 2.37 bits per heavy atom. The van der Waals surface area contributed by atoms with Gasteiger partial charge in [0.2, 0.25) is 5.91 Å². The largest absolute Gasteiger partial charge is 0.376 e. The number of amides is 1. The number of nitrogens with zero attached hydrogens (tertiary/aromatic N) is 2. The Morgan fingerprint density at radius 2 is 2.00 bits per heavy atom. The minimum atomic E-state index is -0.847. The lowest BCUT2D eigenvalue weighted by atomic mass is 9.79. The first kappa shape index (κ1) is 16.0. The molecule has 0 aliphatic carbocycles. The van der Waals surface area contributed by atoms with Crippen LogP contribution in [0.4, 0.5) is 0 Å². The highest BCUT2D eigenvalue weighted by atomic mass is 16.5. The molecule has 0 spiro atoms. The van der Waals surface area contributed by atoms with Crippen LogP contribution in [0.2, 0.25) is 0 Å². The van der Waals surface area contributed by atoms with Crippen LogP contribution in [-0.4, -0.2) is 36.6 Å². The number of hydrogen-bond acceptors (Lipinski definition) is 3. The van der Waals surface area contributed by atoms with Crippen molar-refractivity contribution < 1.29 is 9.53 Å². The van der Waals surface area contributed by atoms with Crippen LogP contribution in [0.5, 0.6) is 0 Å². The molecular formula is C15H26N2O2. The minimum absolute atomic E-state index is 0.0268. The Morgan fingerprint density at radius 1 is 1.42 bits per heavy atom. The molecule has 1 aliphatic rings. The van der Waals surface area contributed by atoms with Gasteiger partial charge in [-0.25, -0.2) is 0 Å². The number of carbonyl (C=O) groups excluding carboxylic acids is 1. The lowest BCUT2D eigenvalue weighted by molar-refractivity contribution is -0.141. The quantitative estimate of drug-likeness (QED) is 0.742. The SMILES string of the molecule is CCCC(C#N)(CCC)C(=O)N(C)C1CCOC1C. The van der Waals surface area contributed by atoms with Gasteiger partial charge in [0, 0.05) is 13.7 Å². The van der Waals surface area contributed by atoms with E-state index in [1.54, 1.807) is 4.90 Å². The minimum Gasteiger partial charge on any atom is -0.376 e. The second kappa shape index (κ2) is 6.91. The molecule has 1 rings (SSSR count). The molecule has 0 aromatic rings. The molecule has 1 amide bonds. The predicted octanol–water partition coefficient (Wildman–Crippen LogP) is 2.73. The fourth-order valence-electron chi connectivity index (χ4n) is 3.07. The Balaban J connectivity index is 2.89. The van der Waals surface area contributed by atoms with E-state index in [9.17, 15) is 10.1 Å². The van der Waals surface area contributed by atoms with E-state index in [1.165, 1.54) is 0 Å². The molecule has 108 valence electrons. The number of ether oxygens (including phenoxy) is 1. The molecule has 1 heterocycles. The van der Waals surface area contributed by atoms with E-state index in [0.717, 1.165) is 19.3 Å². The van der Waals surface area contributed by atoms with Crippen LogP contribution in [0.1, 0.15) is 52.9 Å². The van der Waals surface area contributed by atoms with Crippen LogP contribution >= 0.6 is 0 Å². The number of rotatable bonds is 6. The van der Waals surface area contributed by atoms with Gasteiger partial charge in [0.05, 0.1) is 18.2 Å². The van der Waals surface area contributed by atoms with E-state index in [-0.39, 0.29) is 18.1 Å². The summed E-state index contributed by atoms with van der Waals surface area (Å²) in [6.07, 6.45) is 3.91. The standard InChI is InChI=1S/C15H26N2O2/c1-5-8-15(11-16,9-6-2)14(18)17(4)13-7-10-19-12(13)3/h12-13H,5-10H2,1-4H3. The summed E-state index contributed by atoms with van der Waals surface area (Å²) in [6, 6.07) is 2.41. The Bertz CT molecular complexity index is 343. The molecule has 0 radical (unpaired) electrons. The maximum Gasteiger partial charge on any atom is 0.243 e. The Labute approximate surface area is 116 Å². The summed E-state index contributed by atoms with van der Waals surface area (Å²) >= 11 is 0. The van der Waals surface area contributed by atoms with Gasteiger partial charge >= 0.3 is 0 Å². The Hall–Kier alpha value is -1.08. The third-order valence-corrected chi connectivity index (χ3v) is 4.13. The molecule has 19 heavy (non-hydrogen) atoms. The molecule has 4 heteroatoms. The molecule has 0 aromatic heterocycles. The van der Waals surface area contributed by atoms with Crippen LogP contribution in [0.25, 0.3) is 0 Å². The van der Waals surface area contributed by atoms with Gasteiger partial charge in [-0.3, -0.25) is 4.79 Å². The average Bonchev–Trinajstić information content (AvgIpc) is 2.83. The van der Waals surface area contributed by atoms with Gasteiger partial charge in [-0.05, 0) is 26.2 Å². The van der Waals surface area contributed by atoms with Crippen molar-refractivity contribution in [2.24, 2.45) is 5.41 Å². The first-order chi connectivity index (χ1) is 9.02. The van der Waals surface area contributed by atoms with E-state index >= 15 is 0 Å². The first-order valence-corrected chi connectivity index (χ1v) is 7.32. The molecule has 2 unspecified atom stereocenters. The number of likely N-dealkylation sites (N-methyl/N-ethyl adjacent to an activating group) is 1. The Kier molecular flexibility index (Phi) is 5.81. The molecule has 4 nitrogen and oxygen atoms in total. The zero-order valence-electron chi connectivity index (χ0n) is 12.6. The van der Waals surface area contributed by atoms with Gasteiger partial charge in [0.15, 0.2) is 0 Å². The van der Waals surface area contributed by atoms with Gasteiger partial charge in [0.25, 0.3) is 0 Å². The fourth-order valence-corrected chi connectivity index (χ4v) is 3.07. The van der Waals surface area contributed by atoms with Crippen molar-refractivity contribution in [2.45, 2.75) is 65.0 Å². The summed E-state index contributed by atoms with van der Waals surface area (Å²) in [5.74, 6) is -0.0268. The molecule has 1 fully saturated rings. The first-order valence-electron chi connectivity index (χ1n) is 7.32. The van der Waals surface area contributed by atoms with Crippen LogP contribution in [0, 0.1) is 16.7 Å². The maximum atomic E-state index is 12.8. The number of carbonyl (C=O) groups is 1. The van der Waals surface area contributed by atoms with E-state index in [0.29, 0.717) is 19.4 Å². The van der Waals surface area contributed by atoms with Gasteiger partial charge < -0.3 is 9.64 Å². The number of nitriles is 1. The van der Waals surface area contributed by atoms with E-state index < -0.39 is 5.41 Å². The van der Waals surface area contributed by atoms with Crippen molar-refractivity contribution in [3.8, 4) is 6.07 Å². The summed E-state index contributed by atoms with van der Waals surface area (Å²) in [7, 11) is 1.82. The summed E-state index contributed by atoms with van der Waals surface area (Å²) < 4.78 is 5.53. The van der Waals surface area contributed by atoms with Crippen molar-refractivity contribution in [1.29, 1.82) is 5.26 Å². The van der Waals surface area contributed by atoms with Crippen molar-refractivity contribution in [2.75, 3.05) is 13.7 Å². The lowest BCUT2D eigenvalue weighted by Crippen LogP contribution is -2.48. The zero-order chi connectivity index (χ0) is 14.5. The summed E-state index contributed by atoms with van der Waals surface area (Å²) in [6.45, 7) is 6.74. The highest BCUT2D eigenvalue weighted by Crippen LogP contribution is 2.33. The van der Waals surface area contributed by atoms with Crippen molar-refractivity contribution in [1.82, 2.24) is 4.90 Å². The van der Waals surface area contributed by atoms with Crippen LogP contribution < -0.4 is 0 Å². The third kappa shape index (κ3) is 3.27. The van der Waals surface area contributed by atoms with Crippen molar-refractivity contribution in [3.05, 3.63) is 0 Å². The highest BCUT2D eigenvalue weighted by Gasteiger charge is 2.42. The van der Waals surface area contributed by atoms with E-state index in [1.807, 2.05) is 27.8 Å². The van der Waals surface area contributed by atoms with E-state index in [4.69, 9.17) is 4.74 Å². The summed E-state index contributed by atoms with van der Waals surface area (Å²) in [5.41, 5.74) is -0.847. The highest BCUT2D eigenvalue weighted by molar-refractivity contribution is 5.85. The van der Waals surface area contributed by atoms with Gasteiger partial charge in [-0.2, -0.15) is 5.26 Å². The van der Waals surface area contributed by atoms with Crippen molar-refractivity contribution in [3.63, 3.8) is 0 Å². The molecule has 0 N–H and O–H groups in total. The molecule has 0 aromatic carbocycles. The maximum absolute atomic E-state index is 12.8. The zero-order valence-corrected chi connectivity index (χ0v) is 12.6. The average molecular weight is 266 g/mol. The smallest absolute Gasteiger partial charge is 0.243 e. The topological polar surface area (TPSA) is 53.3 Å². The molecule has 2 atom stereocenters. The molecule has 0 saturated carbocycles. The van der Waals surface area contributed by atoms with Crippen LogP contribution in [0.15, 0.2) is 0 Å². The third-order valence-electron chi connectivity index (χ3n) is 4.13. The van der Waals surface area contributed by atoms with Gasteiger partial charge in [-0.15, -0.1) is 0 Å². The lowest BCUT2D eigenvalue weighted by Gasteiger charge is -2.34. The number of hydrogen-bond donors (Lipinski definition) is 0. The summed E-state index contributed by atoms with van der Waals surface area (Å²) in [5, 5.41) is 9.54. The predicted molar refractivity (Wildman–Crippen MR) is 74.5 cm³/mol. The molecule has 0 bridgehead atoms. The van der Waals surface area contributed by atoms with Gasteiger partial charge in [0.1, 0.15) is 5.41 Å². The van der Waals surface area contributed by atoms with Crippen LogP contribution in [-0.2, 0) is 9.53 Å². The van der Waals surface area contributed by atoms with Crippen molar-refractivity contribution >= 4 is 5.91 Å². The molecular weight excluding hydrogens is 240 g/mol. The molecule has 1 aliphatic heterocycles. The second-order valence-corrected chi connectivity index (χ2v) is 5.54. The second-order valence-electron chi connectivity index (χ2n) is 5.54. The molecule has 1 saturated heterocycles. The van der Waals surface area contributed by atoms with E-state index in [2.05, 4.69) is 6.07 Å².